The van der Waals surface area contributed by atoms with Crippen LogP contribution in [0.3, 0.4) is 0 Å². The third-order valence-electron chi connectivity index (χ3n) is 6.13. The first-order valence-electron chi connectivity index (χ1n) is 10.2. The average Bonchev–Trinajstić information content (AvgIpc) is 2.94. The molecule has 0 bridgehead atoms. The summed E-state index contributed by atoms with van der Waals surface area (Å²) in [6.07, 6.45) is 0.517. The molecule has 0 spiro atoms. The van der Waals surface area contributed by atoms with Gasteiger partial charge in [0.05, 0.1) is 12.2 Å². The second-order valence-corrected chi connectivity index (χ2v) is 14.4. The van der Waals surface area contributed by atoms with Crippen LogP contribution in [0.5, 0.6) is 0 Å². The highest BCUT2D eigenvalue weighted by atomic mass is 28.3. The SMILES string of the molecule is Cc1cn([C@H]2C[C@H](O)[C@@H](CC#C[Si](C(C)C)(C(C)C)C(C)C)O2)c(=O)[nH]c1=O. The van der Waals surface area contributed by atoms with Crippen molar-refractivity contribution in [3.05, 3.63) is 32.6 Å². The Morgan fingerprint density at radius 2 is 1.79 bits per heavy atom. The zero-order valence-corrected chi connectivity index (χ0v) is 19.1. The fourth-order valence-electron chi connectivity index (χ4n) is 4.61. The number of hydrogen-bond acceptors (Lipinski definition) is 4. The minimum Gasteiger partial charge on any atom is -0.390 e. The number of H-pyrrole nitrogens is 1. The molecule has 2 rings (SSSR count). The smallest absolute Gasteiger partial charge is 0.330 e. The number of hydrogen-bond donors (Lipinski definition) is 2. The number of nitrogens with zero attached hydrogens (tertiary/aromatic N) is 1. The van der Waals surface area contributed by atoms with Crippen LogP contribution in [-0.2, 0) is 4.74 Å². The lowest BCUT2D eigenvalue weighted by Gasteiger charge is -2.38. The molecule has 6 nitrogen and oxygen atoms in total. The van der Waals surface area contributed by atoms with Crippen LogP contribution in [0.1, 0.15) is 66.2 Å². The van der Waals surface area contributed by atoms with E-state index in [9.17, 15) is 14.7 Å². The van der Waals surface area contributed by atoms with E-state index in [1.165, 1.54) is 10.8 Å². The van der Waals surface area contributed by atoms with Gasteiger partial charge in [0.1, 0.15) is 14.3 Å². The van der Waals surface area contributed by atoms with E-state index < -0.39 is 37.8 Å². The third-order valence-corrected chi connectivity index (χ3v) is 12.5. The molecule has 156 valence electrons. The van der Waals surface area contributed by atoms with Crippen molar-refractivity contribution in [2.45, 2.75) is 96.4 Å². The maximum absolute atomic E-state index is 12.1. The Bertz CT molecular complexity index is 838. The van der Waals surface area contributed by atoms with E-state index in [-0.39, 0.29) is 0 Å². The van der Waals surface area contributed by atoms with E-state index in [1.54, 1.807) is 6.92 Å². The van der Waals surface area contributed by atoms with Gasteiger partial charge in [0.15, 0.2) is 0 Å². The summed E-state index contributed by atoms with van der Waals surface area (Å²) in [5.41, 5.74) is 4.79. The maximum atomic E-state index is 12.1. The maximum Gasteiger partial charge on any atom is 0.330 e. The molecular weight excluding hydrogens is 372 g/mol. The van der Waals surface area contributed by atoms with E-state index in [1.807, 2.05) is 0 Å². The predicted octanol–water partition coefficient (Wildman–Crippen LogP) is 3.10. The van der Waals surface area contributed by atoms with Crippen molar-refractivity contribution < 1.29 is 9.84 Å². The molecule has 0 saturated carbocycles. The molecule has 1 fully saturated rings. The molecule has 1 aliphatic rings. The quantitative estimate of drug-likeness (QED) is 0.581. The highest BCUT2D eigenvalue weighted by molar-refractivity contribution is 6.90. The van der Waals surface area contributed by atoms with Gasteiger partial charge in [-0.2, -0.15) is 0 Å². The Morgan fingerprint density at radius 3 is 2.32 bits per heavy atom. The van der Waals surface area contributed by atoms with E-state index in [4.69, 9.17) is 4.74 Å². The molecule has 1 aromatic heterocycles. The van der Waals surface area contributed by atoms with Gasteiger partial charge in [-0.15, -0.1) is 11.5 Å². The first kappa shape index (κ1) is 22.7. The Hall–Kier alpha value is -1.62. The summed E-state index contributed by atoms with van der Waals surface area (Å²) in [5, 5.41) is 10.4. The zero-order valence-electron chi connectivity index (χ0n) is 18.1. The number of aromatic nitrogens is 2. The van der Waals surface area contributed by atoms with E-state index in [2.05, 4.69) is 58.0 Å². The standard InChI is InChI=1S/C21H34N2O4Si/c1-13(2)28(14(3)4,15(5)6)10-8-9-18-17(24)11-19(27-18)23-12-16(7)20(25)22-21(23)26/h12-15,17-19,24H,9,11H2,1-7H3,(H,22,25,26)/t17-,18+,19+/m0/s1. The van der Waals surface area contributed by atoms with Gasteiger partial charge < -0.3 is 9.84 Å². The van der Waals surface area contributed by atoms with Crippen LogP contribution in [0.4, 0.5) is 0 Å². The van der Waals surface area contributed by atoms with Crippen molar-refractivity contribution in [2.24, 2.45) is 0 Å². The molecule has 28 heavy (non-hydrogen) atoms. The van der Waals surface area contributed by atoms with Gasteiger partial charge in [0.25, 0.3) is 5.56 Å². The Morgan fingerprint density at radius 1 is 1.21 bits per heavy atom. The van der Waals surface area contributed by atoms with Gasteiger partial charge in [0, 0.05) is 24.6 Å². The number of aliphatic hydroxyl groups is 1. The topological polar surface area (TPSA) is 84.3 Å². The summed E-state index contributed by atoms with van der Waals surface area (Å²) < 4.78 is 7.29. The fourth-order valence-corrected chi connectivity index (χ4v) is 9.88. The Labute approximate surface area is 168 Å². The molecule has 1 aliphatic heterocycles. The minimum absolute atomic E-state index is 0.304. The van der Waals surface area contributed by atoms with Gasteiger partial charge in [-0.25, -0.2) is 4.79 Å². The minimum atomic E-state index is -1.82. The van der Waals surface area contributed by atoms with Gasteiger partial charge in [0.2, 0.25) is 0 Å². The van der Waals surface area contributed by atoms with Crippen molar-refractivity contribution in [1.29, 1.82) is 0 Å². The second-order valence-electron chi connectivity index (χ2n) is 8.81. The normalized spacial score (nSPS) is 22.8. The van der Waals surface area contributed by atoms with Crippen molar-refractivity contribution in [3.63, 3.8) is 0 Å². The lowest BCUT2D eigenvalue weighted by atomic mass is 10.1. The first-order chi connectivity index (χ1) is 13.0. The monoisotopic (exact) mass is 406 g/mol. The van der Waals surface area contributed by atoms with Crippen LogP contribution in [0.2, 0.25) is 16.6 Å². The summed E-state index contributed by atoms with van der Waals surface area (Å²) >= 11 is 0. The number of rotatable bonds is 5. The van der Waals surface area contributed by atoms with Gasteiger partial charge >= 0.3 is 5.69 Å². The van der Waals surface area contributed by atoms with E-state index >= 15 is 0 Å². The largest absolute Gasteiger partial charge is 0.390 e. The molecular formula is C21H34N2O4Si. The third kappa shape index (κ3) is 4.34. The zero-order chi connectivity index (χ0) is 21.2. The van der Waals surface area contributed by atoms with E-state index in [0.29, 0.717) is 35.0 Å². The molecule has 3 atom stereocenters. The second kappa shape index (κ2) is 8.81. The molecule has 2 N–H and O–H groups in total. The summed E-state index contributed by atoms with van der Waals surface area (Å²) in [5.74, 6) is 3.33. The Balaban J connectivity index is 2.20. The molecule has 7 heteroatoms. The summed E-state index contributed by atoms with van der Waals surface area (Å²) in [7, 11) is -1.82. The van der Waals surface area contributed by atoms with Crippen LogP contribution in [0, 0.1) is 18.4 Å². The van der Waals surface area contributed by atoms with Crippen molar-refractivity contribution in [2.75, 3.05) is 0 Å². The number of aryl methyl sites for hydroxylation is 1. The van der Waals surface area contributed by atoms with Crippen molar-refractivity contribution in [1.82, 2.24) is 9.55 Å². The highest BCUT2D eigenvalue weighted by Crippen LogP contribution is 2.40. The molecule has 0 amide bonds. The van der Waals surface area contributed by atoms with Crippen LogP contribution >= 0.6 is 0 Å². The van der Waals surface area contributed by atoms with Gasteiger partial charge in [-0.05, 0) is 23.5 Å². The number of ether oxygens (including phenoxy) is 1. The number of aromatic amines is 1. The van der Waals surface area contributed by atoms with E-state index in [0.717, 1.165) is 0 Å². The lowest BCUT2D eigenvalue weighted by Crippen LogP contribution is -2.43. The van der Waals surface area contributed by atoms with Crippen LogP contribution in [0.15, 0.2) is 15.8 Å². The molecule has 2 heterocycles. The fraction of sp³-hybridized carbons (Fsp3) is 0.714. The average molecular weight is 407 g/mol. The van der Waals surface area contributed by atoms with Gasteiger partial charge in [-0.3, -0.25) is 14.3 Å². The summed E-state index contributed by atoms with van der Waals surface area (Å²) in [6, 6.07) is 0. The summed E-state index contributed by atoms with van der Waals surface area (Å²) in [4.78, 5) is 25.9. The molecule has 0 aromatic carbocycles. The summed E-state index contributed by atoms with van der Waals surface area (Å²) in [6.45, 7) is 15.2. The van der Waals surface area contributed by atoms with Gasteiger partial charge in [-0.1, -0.05) is 41.5 Å². The van der Waals surface area contributed by atoms with Crippen molar-refractivity contribution >= 4 is 8.07 Å². The van der Waals surface area contributed by atoms with Crippen LogP contribution < -0.4 is 11.2 Å². The van der Waals surface area contributed by atoms with Crippen LogP contribution in [-0.4, -0.2) is 34.9 Å². The lowest BCUT2D eigenvalue weighted by molar-refractivity contribution is -0.0174. The number of aliphatic hydroxyl groups excluding tert-OH is 1. The molecule has 0 aliphatic carbocycles. The highest BCUT2D eigenvalue weighted by Gasteiger charge is 2.42. The molecule has 1 saturated heterocycles. The molecule has 0 radical (unpaired) electrons. The number of nitrogens with one attached hydrogen (secondary N) is 1. The Kier molecular flexibility index (Phi) is 7.13. The van der Waals surface area contributed by atoms with Crippen LogP contribution in [0.25, 0.3) is 0 Å². The van der Waals surface area contributed by atoms with Crippen molar-refractivity contribution in [3.8, 4) is 11.5 Å². The predicted molar refractivity (Wildman–Crippen MR) is 114 cm³/mol. The molecule has 0 unspecified atom stereocenters. The molecule has 1 aromatic rings. The first-order valence-corrected chi connectivity index (χ1v) is 12.4.